The summed E-state index contributed by atoms with van der Waals surface area (Å²) >= 11 is 0. The van der Waals surface area contributed by atoms with E-state index in [1.807, 2.05) is 0 Å². The highest BCUT2D eigenvalue weighted by atomic mass is 14.2. The van der Waals surface area contributed by atoms with E-state index in [1.54, 1.807) is 0 Å². The van der Waals surface area contributed by atoms with Crippen LogP contribution in [0.15, 0.2) is 60.7 Å². The zero-order valence-corrected chi connectivity index (χ0v) is 19.0. The van der Waals surface area contributed by atoms with E-state index in [-0.39, 0.29) is 0 Å². The fraction of sp³-hybridized carbons (Fsp3) is 0.467. The smallest absolute Gasteiger partial charge is 0.0249 e. The second kappa shape index (κ2) is 12.4. The predicted molar refractivity (Wildman–Crippen MR) is 131 cm³/mol. The summed E-state index contributed by atoms with van der Waals surface area (Å²) in [6, 6.07) is 17.7. The highest BCUT2D eigenvalue weighted by Gasteiger charge is 2.17. The molecule has 1 saturated carbocycles. The first-order chi connectivity index (χ1) is 14.7. The minimum absolute atomic E-state index is 0.941. The van der Waals surface area contributed by atoms with Gasteiger partial charge in [0.15, 0.2) is 0 Å². The Hall–Kier alpha value is -2.26. The fourth-order valence-corrected chi connectivity index (χ4v) is 4.40. The molecule has 0 atom stereocenters. The molecule has 1 fully saturated rings. The molecule has 1 aliphatic rings. The first-order valence-corrected chi connectivity index (χ1v) is 12.0. The molecule has 2 aromatic carbocycles. The Labute approximate surface area is 184 Å². The largest absolute Gasteiger partial charge is 0.0917 e. The van der Waals surface area contributed by atoms with Crippen molar-refractivity contribution in [3.05, 3.63) is 82.9 Å². The monoisotopic (exact) mass is 398 g/mol. The summed E-state index contributed by atoms with van der Waals surface area (Å²) in [7, 11) is 0. The average molecular weight is 399 g/mol. The number of rotatable bonds is 8. The third-order valence-electron chi connectivity index (χ3n) is 6.56. The molecule has 3 rings (SSSR count). The van der Waals surface area contributed by atoms with Gasteiger partial charge in [0.25, 0.3) is 0 Å². The summed E-state index contributed by atoms with van der Waals surface area (Å²) in [5, 5.41) is 0. The van der Waals surface area contributed by atoms with E-state index < -0.39 is 0 Å². The van der Waals surface area contributed by atoms with Gasteiger partial charge in [0.2, 0.25) is 0 Å². The van der Waals surface area contributed by atoms with Gasteiger partial charge in [-0.05, 0) is 92.7 Å². The molecule has 0 heterocycles. The van der Waals surface area contributed by atoms with E-state index in [4.69, 9.17) is 0 Å². The van der Waals surface area contributed by atoms with Crippen LogP contribution in [0.3, 0.4) is 0 Å². The van der Waals surface area contributed by atoms with Gasteiger partial charge in [-0.1, -0.05) is 80.9 Å². The normalized spacial score (nSPS) is 18.9. The summed E-state index contributed by atoms with van der Waals surface area (Å²) in [5.41, 5.74) is 5.08. The number of benzene rings is 2. The number of unbranched alkanes of at least 4 members (excludes halogenated alkanes) is 2. The fourth-order valence-electron chi connectivity index (χ4n) is 4.40. The van der Waals surface area contributed by atoms with Crippen molar-refractivity contribution in [1.82, 2.24) is 0 Å². The Balaban J connectivity index is 1.44. The minimum atomic E-state index is 0.941. The van der Waals surface area contributed by atoms with Crippen molar-refractivity contribution in [2.75, 3.05) is 0 Å². The lowest BCUT2D eigenvalue weighted by molar-refractivity contribution is 0.278. The van der Waals surface area contributed by atoms with Crippen LogP contribution in [0.5, 0.6) is 0 Å². The molecular formula is C30H38. The van der Waals surface area contributed by atoms with Gasteiger partial charge in [0, 0.05) is 11.1 Å². The lowest BCUT2D eigenvalue weighted by Crippen LogP contribution is -2.12. The Morgan fingerprint density at radius 3 is 1.90 bits per heavy atom. The standard InChI is InChI=1S/C30H38/c1-3-4-5-6-7-8-26-13-15-28(16-14-26)19-20-30-23-21-29(22-24-30)18-17-27-11-9-25(2)10-12-27/h3-4,13-16,21-25,27H,5-12,17-18H2,1-2H3/b4-3+. The molecular weight excluding hydrogens is 360 g/mol. The average Bonchev–Trinajstić information content (AvgIpc) is 2.79. The maximum absolute atomic E-state index is 3.33. The second-order valence-corrected chi connectivity index (χ2v) is 9.12. The Kier molecular flexibility index (Phi) is 9.30. The SMILES string of the molecule is C/C=C/CCCCc1ccc(C#Cc2ccc(CCC3CCC(C)CC3)cc2)cc1. The van der Waals surface area contributed by atoms with Crippen LogP contribution in [0.25, 0.3) is 0 Å². The quantitative estimate of drug-likeness (QED) is 0.239. The van der Waals surface area contributed by atoms with E-state index in [9.17, 15) is 0 Å². The molecule has 2 aromatic rings. The highest BCUT2D eigenvalue weighted by Crippen LogP contribution is 2.31. The van der Waals surface area contributed by atoms with E-state index in [1.165, 1.54) is 68.9 Å². The van der Waals surface area contributed by atoms with Crippen LogP contribution in [0, 0.1) is 23.7 Å². The highest BCUT2D eigenvalue weighted by molar-refractivity contribution is 5.44. The van der Waals surface area contributed by atoms with Gasteiger partial charge in [-0.25, -0.2) is 0 Å². The summed E-state index contributed by atoms with van der Waals surface area (Å²) in [5.74, 6) is 8.54. The van der Waals surface area contributed by atoms with Crippen molar-refractivity contribution in [3.63, 3.8) is 0 Å². The van der Waals surface area contributed by atoms with Crippen molar-refractivity contribution in [3.8, 4) is 11.8 Å². The van der Waals surface area contributed by atoms with Crippen molar-refractivity contribution < 1.29 is 0 Å². The molecule has 0 bridgehead atoms. The molecule has 0 aliphatic heterocycles. The number of hydrogen-bond acceptors (Lipinski definition) is 0. The molecule has 0 radical (unpaired) electrons. The van der Waals surface area contributed by atoms with E-state index in [0.717, 1.165) is 29.4 Å². The van der Waals surface area contributed by atoms with Crippen LogP contribution in [0.1, 0.15) is 87.5 Å². The number of hydrogen-bond donors (Lipinski definition) is 0. The summed E-state index contributed by atoms with van der Waals surface area (Å²) in [6.07, 6.45) is 17.5. The van der Waals surface area contributed by atoms with Crippen LogP contribution < -0.4 is 0 Å². The van der Waals surface area contributed by atoms with Crippen LogP contribution in [0.2, 0.25) is 0 Å². The van der Waals surface area contributed by atoms with Crippen LogP contribution in [0.4, 0.5) is 0 Å². The van der Waals surface area contributed by atoms with Gasteiger partial charge in [-0.2, -0.15) is 0 Å². The maximum Gasteiger partial charge on any atom is 0.0249 e. The van der Waals surface area contributed by atoms with Gasteiger partial charge < -0.3 is 0 Å². The van der Waals surface area contributed by atoms with Gasteiger partial charge in [0.05, 0.1) is 0 Å². The van der Waals surface area contributed by atoms with Gasteiger partial charge in [0.1, 0.15) is 0 Å². The van der Waals surface area contributed by atoms with Gasteiger partial charge >= 0.3 is 0 Å². The molecule has 0 N–H and O–H groups in total. The molecule has 1 aliphatic carbocycles. The minimum Gasteiger partial charge on any atom is -0.0917 e. The Bertz CT molecular complexity index is 818. The van der Waals surface area contributed by atoms with Crippen LogP contribution in [-0.4, -0.2) is 0 Å². The molecule has 0 nitrogen and oxygen atoms in total. The number of allylic oxidation sites excluding steroid dienone is 2. The summed E-state index contributed by atoms with van der Waals surface area (Å²) < 4.78 is 0. The topological polar surface area (TPSA) is 0 Å². The number of aryl methyl sites for hydroxylation is 2. The summed E-state index contributed by atoms with van der Waals surface area (Å²) in [4.78, 5) is 0. The molecule has 0 unspecified atom stereocenters. The first-order valence-electron chi connectivity index (χ1n) is 12.0. The lowest BCUT2D eigenvalue weighted by Gasteiger charge is -2.26. The summed E-state index contributed by atoms with van der Waals surface area (Å²) in [6.45, 7) is 4.49. The molecule has 0 aromatic heterocycles. The van der Waals surface area contributed by atoms with Crippen molar-refractivity contribution in [1.29, 1.82) is 0 Å². The lowest BCUT2D eigenvalue weighted by atomic mass is 9.80. The van der Waals surface area contributed by atoms with Crippen LogP contribution in [-0.2, 0) is 12.8 Å². The molecule has 0 spiro atoms. The van der Waals surface area contributed by atoms with Crippen molar-refractivity contribution >= 4 is 0 Å². The van der Waals surface area contributed by atoms with Crippen molar-refractivity contribution in [2.45, 2.75) is 78.1 Å². The predicted octanol–water partition coefficient (Wildman–Crippen LogP) is 8.13. The van der Waals surface area contributed by atoms with E-state index in [0.29, 0.717) is 0 Å². The van der Waals surface area contributed by atoms with Crippen LogP contribution >= 0.6 is 0 Å². The second-order valence-electron chi connectivity index (χ2n) is 9.12. The molecule has 0 heteroatoms. The third kappa shape index (κ3) is 7.87. The first kappa shape index (κ1) is 22.4. The van der Waals surface area contributed by atoms with Gasteiger partial charge in [-0.15, -0.1) is 0 Å². The zero-order valence-electron chi connectivity index (χ0n) is 19.0. The maximum atomic E-state index is 3.33. The molecule has 158 valence electrons. The van der Waals surface area contributed by atoms with E-state index >= 15 is 0 Å². The molecule has 0 saturated heterocycles. The van der Waals surface area contributed by atoms with Gasteiger partial charge in [-0.3, -0.25) is 0 Å². The Morgan fingerprint density at radius 1 is 0.767 bits per heavy atom. The van der Waals surface area contributed by atoms with E-state index in [2.05, 4.69) is 86.4 Å². The zero-order chi connectivity index (χ0) is 21.0. The third-order valence-corrected chi connectivity index (χ3v) is 6.56. The Morgan fingerprint density at radius 2 is 1.33 bits per heavy atom. The molecule has 0 amide bonds. The van der Waals surface area contributed by atoms with Crippen molar-refractivity contribution in [2.24, 2.45) is 11.8 Å². The molecule has 30 heavy (non-hydrogen) atoms.